The van der Waals surface area contributed by atoms with Gasteiger partial charge in [0, 0.05) is 19.2 Å². The monoisotopic (exact) mass is 264 g/mol. The van der Waals surface area contributed by atoms with E-state index in [-0.39, 0.29) is 18.7 Å². The Balaban J connectivity index is 1.63. The molecule has 6 heteroatoms. The van der Waals surface area contributed by atoms with Crippen molar-refractivity contribution >= 4 is 11.8 Å². The number of rotatable bonds is 4. The Hall–Kier alpha value is -1.56. The first kappa shape index (κ1) is 12.5. The smallest absolute Gasteiger partial charge is 0.323 e. The van der Waals surface area contributed by atoms with E-state index in [9.17, 15) is 9.90 Å². The third-order valence-corrected chi connectivity index (χ3v) is 3.93. The van der Waals surface area contributed by atoms with Crippen molar-refractivity contribution in [3.05, 3.63) is 12.3 Å². The van der Waals surface area contributed by atoms with Crippen molar-refractivity contribution in [2.45, 2.75) is 38.3 Å². The summed E-state index contributed by atoms with van der Waals surface area (Å²) in [7, 11) is 0. The molecule has 0 bridgehead atoms. The maximum atomic E-state index is 12.2. The second-order valence-corrected chi connectivity index (χ2v) is 5.44. The van der Waals surface area contributed by atoms with Crippen molar-refractivity contribution in [3.63, 3.8) is 0 Å². The maximum Gasteiger partial charge on any atom is 0.323 e. The number of hydrogen-bond acceptors (Lipinski definition) is 3. The minimum atomic E-state index is -0.130. The summed E-state index contributed by atoms with van der Waals surface area (Å²) in [4.78, 5) is 13.9. The molecule has 19 heavy (non-hydrogen) atoms. The lowest BCUT2D eigenvalue weighted by Crippen LogP contribution is -2.40. The van der Waals surface area contributed by atoms with E-state index in [1.165, 1.54) is 12.8 Å². The Kier molecular flexibility index (Phi) is 3.42. The van der Waals surface area contributed by atoms with E-state index in [1.807, 2.05) is 10.7 Å². The van der Waals surface area contributed by atoms with Gasteiger partial charge in [-0.3, -0.25) is 5.32 Å². The number of aliphatic hydroxyl groups excluding tert-OH is 1. The number of anilines is 1. The zero-order chi connectivity index (χ0) is 13.2. The van der Waals surface area contributed by atoms with Crippen molar-refractivity contribution in [1.82, 2.24) is 14.7 Å². The normalized spacial score (nSPS) is 22.8. The molecule has 2 aliphatic rings. The number of urea groups is 1. The third-order valence-electron chi connectivity index (χ3n) is 3.93. The van der Waals surface area contributed by atoms with Gasteiger partial charge in [-0.15, -0.1) is 0 Å². The highest BCUT2D eigenvalue weighted by Crippen LogP contribution is 2.31. The van der Waals surface area contributed by atoms with Crippen LogP contribution in [0.3, 0.4) is 0 Å². The second kappa shape index (κ2) is 5.21. The van der Waals surface area contributed by atoms with Gasteiger partial charge in [-0.05, 0) is 31.6 Å². The summed E-state index contributed by atoms with van der Waals surface area (Å²) in [5.41, 5.74) is 0. The van der Waals surface area contributed by atoms with Crippen LogP contribution in [-0.2, 0) is 6.54 Å². The van der Waals surface area contributed by atoms with E-state index in [1.54, 1.807) is 11.1 Å². The molecule has 2 fully saturated rings. The molecule has 0 spiro atoms. The number of likely N-dealkylation sites (tertiary alicyclic amines) is 1. The fourth-order valence-corrected chi connectivity index (χ4v) is 2.60. The standard InChI is InChI=1S/C13H20N4O2/c18-9-11-2-1-7-16(11)13(19)15-12-5-6-14-17(12)8-10-3-4-10/h5-6,10-11,18H,1-4,7-9H2,(H,15,19)/t11-/m0/s1. The van der Waals surface area contributed by atoms with Crippen LogP contribution in [0.15, 0.2) is 12.3 Å². The molecule has 1 aliphatic carbocycles. The van der Waals surface area contributed by atoms with Crippen molar-refractivity contribution in [1.29, 1.82) is 0 Å². The van der Waals surface area contributed by atoms with Gasteiger partial charge in [-0.25, -0.2) is 9.48 Å². The van der Waals surface area contributed by atoms with Crippen LogP contribution < -0.4 is 5.32 Å². The molecule has 2 amide bonds. The highest BCUT2D eigenvalue weighted by Gasteiger charge is 2.29. The first-order chi connectivity index (χ1) is 9.28. The summed E-state index contributed by atoms with van der Waals surface area (Å²) in [5, 5.41) is 16.4. The minimum absolute atomic E-state index is 0.0365. The fourth-order valence-electron chi connectivity index (χ4n) is 2.60. The van der Waals surface area contributed by atoms with Crippen LogP contribution in [-0.4, -0.2) is 45.0 Å². The van der Waals surface area contributed by atoms with Crippen LogP contribution in [0.2, 0.25) is 0 Å². The first-order valence-corrected chi connectivity index (χ1v) is 6.98. The van der Waals surface area contributed by atoms with Crippen molar-refractivity contribution in [3.8, 4) is 0 Å². The molecular formula is C13H20N4O2. The van der Waals surface area contributed by atoms with Crippen LogP contribution in [0, 0.1) is 5.92 Å². The summed E-state index contributed by atoms with van der Waals surface area (Å²) < 4.78 is 1.86. The molecule has 2 heterocycles. The quantitative estimate of drug-likeness (QED) is 0.860. The summed E-state index contributed by atoms with van der Waals surface area (Å²) >= 11 is 0. The molecule has 6 nitrogen and oxygen atoms in total. The largest absolute Gasteiger partial charge is 0.394 e. The average molecular weight is 264 g/mol. The number of nitrogens with one attached hydrogen (secondary N) is 1. The molecule has 104 valence electrons. The van der Waals surface area contributed by atoms with Gasteiger partial charge in [0.15, 0.2) is 0 Å². The molecule has 3 rings (SSSR count). The zero-order valence-corrected chi connectivity index (χ0v) is 11.0. The van der Waals surface area contributed by atoms with Crippen molar-refractivity contribution in [2.24, 2.45) is 5.92 Å². The Bertz CT molecular complexity index is 455. The second-order valence-electron chi connectivity index (χ2n) is 5.44. The molecule has 0 aromatic carbocycles. The molecule has 1 saturated heterocycles. The predicted molar refractivity (Wildman–Crippen MR) is 70.8 cm³/mol. The molecule has 1 aliphatic heterocycles. The predicted octanol–water partition coefficient (Wildman–Crippen LogP) is 1.28. The topological polar surface area (TPSA) is 70.4 Å². The SMILES string of the molecule is O=C(Nc1ccnn1CC1CC1)N1CCC[C@H]1CO. The van der Waals surface area contributed by atoms with Crippen LogP contribution in [0.4, 0.5) is 10.6 Å². The van der Waals surface area contributed by atoms with E-state index in [4.69, 9.17) is 0 Å². The van der Waals surface area contributed by atoms with Gasteiger partial charge in [0.2, 0.25) is 0 Å². The molecule has 1 aromatic rings. The molecule has 2 N–H and O–H groups in total. The Labute approximate surface area is 112 Å². The summed E-state index contributed by atoms with van der Waals surface area (Å²) in [6, 6.07) is 1.65. The number of aromatic nitrogens is 2. The Morgan fingerprint density at radius 3 is 3.05 bits per heavy atom. The van der Waals surface area contributed by atoms with Gasteiger partial charge in [-0.1, -0.05) is 0 Å². The van der Waals surface area contributed by atoms with Crippen LogP contribution in [0.5, 0.6) is 0 Å². The lowest BCUT2D eigenvalue weighted by molar-refractivity contribution is 0.166. The highest BCUT2D eigenvalue weighted by molar-refractivity contribution is 5.88. The van der Waals surface area contributed by atoms with Gasteiger partial charge >= 0.3 is 6.03 Å². The number of carbonyl (C=O) groups excluding carboxylic acids is 1. The van der Waals surface area contributed by atoms with E-state index in [2.05, 4.69) is 10.4 Å². The number of amides is 2. The van der Waals surface area contributed by atoms with Crippen molar-refractivity contribution < 1.29 is 9.90 Å². The minimum Gasteiger partial charge on any atom is -0.394 e. The first-order valence-electron chi connectivity index (χ1n) is 6.98. The maximum absolute atomic E-state index is 12.2. The lowest BCUT2D eigenvalue weighted by atomic mass is 10.2. The summed E-state index contributed by atoms with van der Waals surface area (Å²) in [6.45, 7) is 1.63. The molecule has 1 atom stereocenters. The third kappa shape index (κ3) is 2.73. The fraction of sp³-hybridized carbons (Fsp3) is 0.692. The molecule has 1 saturated carbocycles. The van der Waals surface area contributed by atoms with Crippen LogP contribution in [0.1, 0.15) is 25.7 Å². The van der Waals surface area contributed by atoms with E-state index < -0.39 is 0 Å². The lowest BCUT2D eigenvalue weighted by Gasteiger charge is -2.23. The van der Waals surface area contributed by atoms with E-state index in [0.29, 0.717) is 12.5 Å². The number of nitrogens with zero attached hydrogens (tertiary/aromatic N) is 3. The van der Waals surface area contributed by atoms with E-state index >= 15 is 0 Å². The van der Waals surface area contributed by atoms with Crippen molar-refractivity contribution in [2.75, 3.05) is 18.5 Å². The van der Waals surface area contributed by atoms with Gasteiger partial charge in [0.25, 0.3) is 0 Å². The Morgan fingerprint density at radius 2 is 2.32 bits per heavy atom. The molecule has 0 unspecified atom stereocenters. The summed E-state index contributed by atoms with van der Waals surface area (Å²) in [5.74, 6) is 1.47. The number of carbonyl (C=O) groups is 1. The number of aliphatic hydroxyl groups is 1. The molecular weight excluding hydrogens is 244 g/mol. The van der Waals surface area contributed by atoms with Crippen LogP contribution in [0.25, 0.3) is 0 Å². The zero-order valence-electron chi connectivity index (χ0n) is 11.0. The van der Waals surface area contributed by atoms with Gasteiger partial charge in [0.1, 0.15) is 5.82 Å². The highest BCUT2D eigenvalue weighted by atomic mass is 16.3. The van der Waals surface area contributed by atoms with Crippen LogP contribution >= 0.6 is 0 Å². The van der Waals surface area contributed by atoms with Gasteiger partial charge in [0.05, 0.1) is 18.8 Å². The molecule has 1 aromatic heterocycles. The summed E-state index contributed by atoms with van der Waals surface area (Å²) in [6.07, 6.45) is 6.06. The molecule has 0 radical (unpaired) electrons. The van der Waals surface area contributed by atoms with Gasteiger partial charge in [-0.2, -0.15) is 5.10 Å². The average Bonchev–Trinajstić information content (AvgIpc) is 2.91. The number of hydrogen-bond donors (Lipinski definition) is 2. The van der Waals surface area contributed by atoms with Gasteiger partial charge < -0.3 is 10.0 Å². The van der Waals surface area contributed by atoms with E-state index in [0.717, 1.165) is 25.2 Å². The Morgan fingerprint density at radius 1 is 1.47 bits per heavy atom.